The summed E-state index contributed by atoms with van der Waals surface area (Å²) in [6, 6.07) is 4.05. The summed E-state index contributed by atoms with van der Waals surface area (Å²) >= 11 is 0. The van der Waals surface area contributed by atoms with Crippen molar-refractivity contribution < 1.29 is 48.7 Å². The van der Waals surface area contributed by atoms with E-state index in [1.807, 2.05) is 0 Å². The molecule has 10 heteroatoms. The number of carbonyl (C=O) groups excluding carboxylic acids is 3. The SMILES string of the molecule is CC(=O)O[C@@H]1C[C@@H](C)O[C@]2(O[C@H](CC(=O)O)CC3=C2C(=O)c2c(O)cccc2C3=O)[C@@H]1O. The van der Waals surface area contributed by atoms with Crippen LogP contribution in [0, 0.1) is 0 Å². The molecule has 1 aliphatic carbocycles. The van der Waals surface area contributed by atoms with E-state index < -0.39 is 65.9 Å². The van der Waals surface area contributed by atoms with Crippen molar-refractivity contribution in [2.75, 3.05) is 0 Å². The van der Waals surface area contributed by atoms with Crippen LogP contribution in [0.4, 0.5) is 0 Å². The van der Waals surface area contributed by atoms with Crippen LogP contribution in [0.15, 0.2) is 29.3 Å². The molecule has 4 rings (SSSR count). The summed E-state index contributed by atoms with van der Waals surface area (Å²) in [7, 11) is 0. The normalized spacial score (nSPS) is 31.8. The zero-order valence-corrected chi connectivity index (χ0v) is 17.4. The number of carbonyl (C=O) groups is 4. The number of rotatable bonds is 3. The van der Waals surface area contributed by atoms with E-state index in [2.05, 4.69) is 0 Å². The third-order valence-electron chi connectivity index (χ3n) is 5.84. The Morgan fingerprint density at radius 3 is 2.59 bits per heavy atom. The Morgan fingerprint density at radius 2 is 1.94 bits per heavy atom. The van der Waals surface area contributed by atoms with Gasteiger partial charge in [0.15, 0.2) is 11.6 Å². The van der Waals surface area contributed by atoms with E-state index in [0.717, 1.165) is 6.92 Å². The van der Waals surface area contributed by atoms with Crippen LogP contribution in [0.5, 0.6) is 5.75 Å². The Balaban J connectivity index is 1.92. The molecule has 1 spiro atoms. The van der Waals surface area contributed by atoms with Crippen LogP contribution < -0.4 is 0 Å². The fraction of sp³-hybridized carbons (Fsp3) is 0.455. The summed E-state index contributed by atoms with van der Waals surface area (Å²) < 4.78 is 17.1. The minimum Gasteiger partial charge on any atom is -0.507 e. The number of aromatic hydroxyl groups is 1. The smallest absolute Gasteiger partial charge is 0.305 e. The molecule has 32 heavy (non-hydrogen) atoms. The average Bonchev–Trinajstić information content (AvgIpc) is 2.68. The number of phenolic OH excluding ortho intramolecular Hbond substituents is 1. The molecule has 170 valence electrons. The molecule has 1 fully saturated rings. The second-order valence-electron chi connectivity index (χ2n) is 8.18. The molecular formula is C22H22O10. The van der Waals surface area contributed by atoms with Crippen LogP contribution in [0.2, 0.25) is 0 Å². The molecule has 10 nitrogen and oxygen atoms in total. The number of ether oxygens (including phenoxy) is 3. The van der Waals surface area contributed by atoms with E-state index in [-0.39, 0.29) is 35.1 Å². The molecule has 1 aromatic carbocycles. The van der Waals surface area contributed by atoms with E-state index in [4.69, 9.17) is 14.2 Å². The molecular weight excluding hydrogens is 424 g/mol. The van der Waals surface area contributed by atoms with Gasteiger partial charge in [0.1, 0.15) is 18.0 Å². The number of ketones is 2. The molecule has 0 unspecified atom stereocenters. The summed E-state index contributed by atoms with van der Waals surface area (Å²) in [5, 5.41) is 30.8. The monoisotopic (exact) mass is 446 g/mol. The molecule has 0 amide bonds. The number of aliphatic hydroxyl groups excluding tert-OH is 1. The zero-order chi connectivity index (χ0) is 23.4. The summed E-state index contributed by atoms with van der Waals surface area (Å²) in [4.78, 5) is 49.8. The highest BCUT2D eigenvalue weighted by molar-refractivity contribution is 6.28. The lowest BCUT2D eigenvalue weighted by molar-refractivity contribution is -0.334. The standard InChI is InChI=1S/C22H22O10/c1-9-6-15(30-10(2)23)21(29)22(31-9)18-13(7-11(32-22)8-16(25)26)19(27)12-4-3-5-14(24)17(12)20(18)28/h3-5,9,11,15,21,24,29H,6-8H2,1-2H3,(H,25,26)/t9-,11+,15-,21-,22-/m1/s1. The van der Waals surface area contributed by atoms with E-state index >= 15 is 0 Å². The van der Waals surface area contributed by atoms with Gasteiger partial charge in [-0.15, -0.1) is 0 Å². The molecule has 0 radical (unpaired) electrons. The highest BCUT2D eigenvalue weighted by Gasteiger charge is 2.61. The molecule has 2 heterocycles. The van der Waals surface area contributed by atoms with Crippen molar-refractivity contribution in [1.29, 1.82) is 0 Å². The summed E-state index contributed by atoms with van der Waals surface area (Å²) in [6.45, 7) is 2.76. The maximum absolute atomic E-state index is 13.5. The maximum Gasteiger partial charge on any atom is 0.305 e. The number of aliphatic carboxylic acids is 1. The molecule has 0 bridgehead atoms. The van der Waals surface area contributed by atoms with E-state index in [1.165, 1.54) is 18.2 Å². The van der Waals surface area contributed by atoms with Gasteiger partial charge in [-0.2, -0.15) is 0 Å². The van der Waals surface area contributed by atoms with Gasteiger partial charge in [0.2, 0.25) is 5.79 Å². The quantitative estimate of drug-likeness (QED) is 0.575. The Kier molecular flexibility index (Phi) is 5.40. The van der Waals surface area contributed by atoms with Gasteiger partial charge in [0.25, 0.3) is 0 Å². The number of esters is 1. The Morgan fingerprint density at radius 1 is 1.22 bits per heavy atom. The molecule has 5 atom stereocenters. The number of fused-ring (bicyclic) bond motifs is 2. The molecule has 1 aromatic rings. The first-order valence-electron chi connectivity index (χ1n) is 10.1. The molecule has 1 saturated heterocycles. The highest BCUT2D eigenvalue weighted by atomic mass is 16.7. The highest BCUT2D eigenvalue weighted by Crippen LogP contribution is 2.49. The number of hydrogen-bond acceptors (Lipinski definition) is 9. The van der Waals surface area contributed by atoms with Crippen LogP contribution in [0.25, 0.3) is 0 Å². The first kappa shape index (κ1) is 22.1. The fourth-order valence-corrected chi connectivity index (χ4v) is 4.70. The number of phenols is 1. The van der Waals surface area contributed by atoms with Crippen molar-refractivity contribution in [1.82, 2.24) is 0 Å². The van der Waals surface area contributed by atoms with Crippen LogP contribution >= 0.6 is 0 Å². The van der Waals surface area contributed by atoms with Crippen molar-refractivity contribution in [3.63, 3.8) is 0 Å². The number of aliphatic hydroxyl groups is 1. The fourth-order valence-electron chi connectivity index (χ4n) is 4.70. The van der Waals surface area contributed by atoms with Gasteiger partial charge in [0.05, 0.1) is 29.8 Å². The average molecular weight is 446 g/mol. The van der Waals surface area contributed by atoms with E-state index in [1.54, 1.807) is 6.92 Å². The lowest BCUT2D eigenvalue weighted by Crippen LogP contribution is -2.65. The predicted molar refractivity (Wildman–Crippen MR) is 105 cm³/mol. The van der Waals surface area contributed by atoms with Crippen LogP contribution in [0.1, 0.15) is 53.8 Å². The molecule has 3 N–H and O–H groups in total. The summed E-state index contributed by atoms with van der Waals surface area (Å²) in [6.07, 6.45) is -5.28. The van der Waals surface area contributed by atoms with E-state index in [0.29, 0.717) is 0 Å². The van der Waals surface area contributed by atoms with Crippen LogP contribution in [-0.2, 0) is 23.8 Å². The second kappa shape index (κ2) is 7.80. The lowest BCUT2D eigenvalue weighted by Gasteiger charge is -2.51. The first-order valence-corrected chi connectivity index (χ1v) is 10.1. The number of hydrogen-bond donors (Lipinski definition) is 3. The minimum atomic E-state index is -2.25. The zero-order valence-electron chi connectivity index (χ0n) is 17.4. The number of Topliss-reactive ketones (excluding diaryl/α,β-unsaturated/α-hetero) is 2. The number of carboxylic acid groups (broad SMARTS) is 1. The van der Waals surface area contributed by atoms with E-state index in [9.17, 15) is 34.5 Å². The third kappa shape index (κ3) is 3.40. The van der Waals surface area contributed by atoms with Gasteiger partial charge < -0.3 is 29.5 Å². The molecule has 3 aliphatic rings. The topological polar surface area (TPSA) is 157 Å². The molecule has 0 aromatic heterocycles. The number of benzene rings is 1. The number of carboxylic acids is 1. The van der Waals surface area contributed by atoms with Crippen LogP contribution in [0.3, 0.4) is 0 Å². The summed E-state index contributed by atoms with van der Waals surface area (Å²) in [5.74, 6) is -5.95. The Bertz CT molecular complexity index is 1060. The predicted octanol–water partition coefficient (Wildman–Crippen LogP) is 1.13. The first-order chi connectivity index (χ1) is 15.0. The third-order valence-corrected chi connectivity index (χ3v) is 5.84. The van der Waals surface area contributed by atoms with Gasteiger partial charge in [-0.05, 0) is 13.0 Å². The van der Waals surface area contributed by atoms with Gasteiger partial charge in [-0.1, -0.05) is 12.1 Å². The second-order valence-corrected chi connectivity index (χ2v) is 8.18. The Labute approximate surface area is 182 Å². The molecule has 0 saturated carbocycles. The summed E-state index contributed by atoms with van der Waals surface area (Å²) in [5.41, 5.74) is -0.654. The van der Waals surface area contributed by atoms with Crippen molar-refractivity contribution in [3.8, 4) is 5.75 Å². The largest absolute Gasteiger partial charge is 0.507 e. The van der Waals surface area contributed by atoms with Gasteiger partial charge in [-0.25, -0.2) is 0 Å². The Hall–Kier alpha value is -3.08. The van der Waals surface area contributed by atoms with Crippen molar-refractivity contribution in [3.05, 3.63) is 40.5 Å². The van der Waals surface area contributed by atoms with Crippen molar-refractivity contribution in [2.45, 2.75) is 63.3 Å². The maximum atomic E-state index is 13.5. The van der Waals surface area contributed by atoms with Crippen LogP contribution in [-0.4, -0.2) is 69.0 Å². The van der Waals surface area contributed by atoms with Gasteiger partial charge in [-0.3, -0.25) is 19.2 Å². The van der Waals surface area contributed by atoms with Crippen molar-refractivity contribution in [2.24, 2.45) is 0 Å². The minimum absolute atomic E-state index is 0.0326. The lowest BCUT2D eigenvalue weighted by atomic mass is 9.73. The van der Waals surface area contributed by atoms with Crippen molar-refractivity contribution >= 4 is 23.5 Å². The van der Waals surface area contributed by atoms with Gasteiger partial charge >= 0.3 is 11.9 Å². The van der Waals surface area contributed by atoms with Gasteiger partial charge in [0, 0.05) is 30.9 Å². The molecule has 2 aliphatic heterocycles.